The Morgan fingerprint density at radius 2 is 1.85 bits per heavy atom. The molecule has 0 spiro atoms. The van der Waals surface area contributed by atoms with Crippen LogP contribution in [-0.4, -0.2) is 28.3 Å². The molecule has 1 fully saturated rings. The van der Waals surface area contributed by atoms with Gasteiger partial charge in [-0.3, -0.25) is 4.55 Å². The van der Waals surface area contributed by atoms with Crippen LogP contribution in [0.3, 0.4) is 0 Å². The van der Waals surface area contributed by atoms with Crippen LogP contribution in [0.25, 0.3) is 22.6 Å². The van der Waals surface area contributed by atoms with Gasteiger partial charge in [-0.15, -0.1) is 0 Å². The lowest BCUT2D eigenvalue weighted by Crippen LogP contribution is -2.07. The molecule has 0 saturated heterocycles. The normalized spacial score (nSPS) is 16.1. The summed E-state index contributed by atoms with van der Waals surface area (Å²) in [5.74, 6) is -0.314. The number of hydrogen-bond donors (Lipinski definition) is 1. The van der Waals surface area contributed by atoms with Crippen molar-refractivity contribution in [1.29, 1.82) is 0 Å². The topological polar surface area (TPSA) is 80.9 Å². The summed E-state index contributed by atoms with van der Waals surface area (Å²) in [6.07, 6.45) is 7.66. The molecule has 3 aromatic rings. The predicted octanol–water partition coefficient (Wildman–Crippen LogP) is 3.84. The molecule has 4 rings (SSSR count). The number of aromatic nitrogens is 4. The molecule has 0 aliphatic heterocycles. The zero-order valence-corrected chi connectivity index (χ0v) is 14.7. The molecule has 2 aromatic heterocycles. The van der Waals surface area contributed by atoms with Crippen LogP contribution in [0.15, 0.2) is 48.0 Å². The van der Waals surface area contributed by atoms with Crippen molar-refractivity contribution in [3.63, 3.8) is 0 Å². The van der Waals surface area contributed by atoms with Gasteiger partial charge in [0.1, 0.15) is 5.82 Å². The largest absolute Gasteiger partial charge is 0.326 e. The van der Waals surface area contributed by atoms with Gasteiger partial charge in [-0.2, -0.15) is 0 Å². The van der Waals surface area contributed by atoms with Crippen molar-refractivity contribution in [3.8, 4) is 22.6 Å². The van der Waals surface area contributed by atoms with E-state index in [2.05, 4.69) is 19.5 Å². The number of halogens is 1. The average Bonchev–Trinajstić information content (AvgIpc) is 3.32. The number of imidazole rings is 1. The van der Waals surface area contributed by atoms with Gasteiger partial charge in [0.05, 0.1) is 23.4 Å². The molecule has 1 aliphatic carbocycles. The maximum Gasteiger partial charge on any atom is 0.247 e. The number of nitrogens with zero attached hydrogens (tertiary/aromatic N) is 4. The Balaban J connectivity index is 1.89. The highest BCUT2D eigenvalue weighted by molar-refractivity contribution is 7.79. The highest BCUT2D eigenvalue weighted by Crippen LogP contribution is 2.37. The van der Waals surface area contributed by atoms with Gasteiger partial charge in [-0.1, -0.05) is 12.8 Å². The summed E-state index contributed by atoms with van der Waals surface area (Å²) in [4.78, 5) is 12.7. The number of benzene rings is 1. The molecular formula is C18H17FN4O2S. The van der Waals surface area contributed by atoms with Crippen LogP contribution in [0, 0.1) is 5.82 Å². The first-order valence-electron chi connectivity index (χ1n) is 8.40. The summed E-state index contributed by atoms with van der Waals surface area (Å²) in [5, 5.41) is -0.147. The third-order valence-corrected chi connectivity index (χ3v) is 5.17. The first-order chi connectivity index (χ1) is 12.6. The lowest BCUT2D eigenvalue weighted by atomic mass is 10.1. The van der Waals surface area contributed by atoms with Crippen LogP contribution in [-0.2, 0) is 11.1 Å². The maximum absolute atomic E-state index is 13.3. The smallest absolute Gasteiger partial charge is 0.247 e. The van der Waals surface area contributed by atoms with Crippen LogP contribution in [0.1, 0.15) is 31.7 Å². The van der Waals surface area contributed by atoms with E-state index in [0.717, 1.165) is 36.9 Å². The van der Waals surface area contributed by atoms with E-state index in [4.69, 9.17) is 0 Å². The minimum absolute atomic E-state index is 0.147. The molecule has 0 radical (unpaired) electrons. The molecule has 0 bridgehead atoms. The second kappa shape index (κ2) is 7.05. The van der Waals surface area contributed by atoms with Crippen molar-refractivity contribution in [2.24, 2.45) is 0 Å². The third kappa shape index (κ3) is 3.17. The molecule has 1 saturated carbocycles. The molecule has 1 aliphatic rings. The SMILES string of the molecule is O=S(O)c1nccc(-c2c(-c3ccc(F)cc3)ncn2C2CCCC2)n1. The predicted molar refractivity (Wildman–Crippen MR) is 95.2 cm³/mol. The summed E-state index contributed by atoms with van der Waals surface area (Å²) < 4.78 is 36.1. The van der Waals surface area contributed by atoms with E-state index < -0.39 is 11.1 Å². The third-order valence-electron chi connectivity index (χ3n) is 4.66. The van der Waals surface area contributed by atoms with Crippen molar-refractivity contribution in [2.75, 3.05) is 0 Å². The van der Waals surface area contributed by atoms with E-state index in [9.17, 15) is 13.2 Å². The molecule has 1 aromatic carbocycles. The van der Waals surface area contributed by atoms with Gasteiger partial charge in [0, 0.05) is 17.8 Å². The number of rotatable bonds is 4. The van der Waals surface area contributed by atoms with E-state index in [1.54, 1.807) is 24.5 Å². The highest BCUT2D eigenvalue weighted by atomic mass is 32.2. The molecule has 6 nitrogen and oxygen atoms in total. The molecule has 134 valence electrons. The summed E-state index contributed by atoms with van der Waals surface area (Å²) in [6.45, 7) is 0. The van der Waals surface area contributed by atoms with E-state index in [1.165, 1.54) is 18.3 Å². The standard InChI is InChI=1S/C18H17FN4O2S/c19-13-7-5-12(6-8-13)16-17(15-9-10-20-18(22-15)26(24)25)23(11-21-16)14-3-1-2-4-14/h5-11,14H,1-4H2,(H,24,25). The summed E-state index contributed by atoms with van der Waals surface area (Å²) >= 11 is -2.27. The van der Waals surface area contributed by atoms with Crippen LogP contribution in [0.4, 0.5) is 4.39 Å². The summed E-state index contributed by atoms with van der Waals surface area (Å²) in [5.41, 5.74) is 2.73. The fourth-order valence-corrected chi connectivity index (χ4v) is 3.78. The van der Waals surface area contributed by atoms with Crippen LogP contribution in [0.2, 0.25) is 0 Å². The van der Waals surface area contributed by atoms with Gasteiger partial charge in [0.2, 0.25) is 16.2 Å². The lowest BCUT2D eigenvalue weighted by molar-refractivity contribution is 0.522. The molecule has 1 unspecified atom stereocenters. The molecule has 1 N–H and O–H groups in total. The molecule has 26 heavy (non-hydrogen) atoms. The van der Waals surface area contributed by atoms with Crippen LogP contribution < -0.4 is 0 Å². The van der Waals surface area contributed by atoms with Gasteiger partial charge in [-0.25, -0.2) is 23.6 Å². The molecular weight excluding hydrogens is 355 g/mol. The van der Waals surface area contributed by atoms with Gasteiger partial charge in [0.15, 0.2) is 0 Å². The van der Waals surface area contributed by atoms with Crippen molar-refractivity contribution in [3.05, 3.63) is 48.7 Å². The van der Waals surface area contributed by atoms with Gasteiger partial charge >= 0.3 is 0 Å². The Morgan fingerprint density at radius 1 is 1.12 bits per heavy atom. The zero-order valence-electron chi connectivity index (χ0n) is 13.9. The van der Waals surface area contributed by atoms with E-state index in [1.807, 2.05) is 0 Å². The van der Waals surface area contributed by atoms with E-state index in [0.29, 0.717) is 17.4 Å². The molecule has 1 atom stereocenters. The molecule has 8 heteroatoms. The average molecular weight is 372 g/mol. The minimum Gasteiger partial charge on any atom is -0.326 e. The maximum atomic E-state index is 13.3. The van der Waals surface area contributed by atoms with Crippen molar-refractivity contribution >= 4 is 11.1 Å². The molecule has 0 amide bonds. The molecule has 2 heterocycles. The van der Waals surface area contributed by atoms with Crippen LogP contribution in [0.5, 0.6) is 0 Å². The fraction of sp³-hybridized carbons (Fsp3) is 0.278. The van der Waals surface area contributed by atoms with E-state index in [-0.39, 0.29) is 11.0 Å². The Hall–Kier alpha value is -2.45. The Bertz CT molecular complexity index is 952. The Morgan fingerprint density at radius 3 is 2.54 bits per heavy atom. The summed E-state index contributed by atoms with van der Waals surface area (Å²) in [6, 6.07) is 8.14. The van der Waals surface area contributed by atoms with Crippen molar-refractivity contribution in [2.45, 2.75) is 36.9 Å². The second-order valence-corrected chi connectivity index (χ2v) is 7.13. The fourth-order valence-electron chi connectivity index (χ4n) is 3.45. The van der Waals surface area contributed by atoms with Crippen LogP contribution >= 0.6 is 0 Å². The zero-order chi connectivity index (χ0) is 18.1. The Kier molecular flexibility index (Phi) is 4.60. The van der Waals surface area contributed by atoms with Gasteiger partial charge in [0.25, 0.3) is 0 Å². The van der Waals surface area contributed by atoms with Gasteiger partial charge < -0.3 is 4.57 Å². The minimum atomic E-state index is -2.27. The van der Waals surface area contributed by atoms with Crippen molar-refractivity contribution in [1.82, 2.24) is 19.5 Å². The first kappa shape index (κ1) is 17.0. The van der Waals surface area contributed by atoms with E-state index >= 15 is 0 Å². The number of hydrogen-bond acceptors (Lipinski definition) is 4. The summed E-state index contributed by atoms with van der Waals surface area (Å²) in [7, 11) is 0. The highest BCUT2D eigenvalue weighted by Gasteiger charge is 2.24. The van der Waals surface area contributed by atoms with Gasteiger partial charge in [-0.05, 0) is 43.2 Å². The second-order valence-electron chi connectivity index (χ2n) is 6.27. The lowest BCUT2D eigenvalue weighted by Gasteiger charge is -2.16. The van der Waals surface area contributed by atoms with Crippen molar-refractivity contribution < 1.29 is 13.2 Å². The monoisotopic (exact) mass is 372 g/mol. The first-order valence-corrected chi connectivity index (χ1v) is 9.51. The Labute approximate surface area is 152 Å². The quantitative estimate of drug-likeness (QED) is 0.556.